The number of alkyl carbamates (subject to hydrolysis) is 1. The number of aliphatic imine (C=N–C) groups is 1. The summed E-state index contributed by atoms with van der Waals surface area (Å²) >= 11 is 2.48. The third-order valence-corrected chi connectivity index (χ3v) is 11.1. The summed E-state index contributed by atoms with van der Waals surface area (Å²) in [5.41, 5.74) is 0.0821. The van der Waals surface area contributed by atoms with Crippen molar-refractivity contribution >= 4 is 91.6 Å². The molecule has 64 heavy (non-hydrogen) atoms. The zero-order valence-corrected chi connectivity index (χ0v) is 37.9. The number of hydrogen-bond acceptors (Lipinski definition) is 14. The monoisotopic (exact) mass is 944 g/mol. The number of thioether (sulfide) groups is 1. The summed E-state index contributed by atoms with van der Waals surface area (Å²) < 4.78 is 43.8. The first-order valence-electron chi connectivity index (χ1n) is 20.2. The van der Waals surface area contributed by atoms with Crippen molar-refractivity contribution in [1.82, 2.24) is 41.8 Å². The van der Waals surface area contributed by atoms with E-state index < -0.39 is 90.0 Å². The van der Waals surface area contributed by atoms with Crippen molar-refractivity contribution in [1.29, 1.82) is 0 Å². The number of halogens is 3. The zero-order valence-electron chi connectivity index (χ0n) is 36.2. The molecule has 3 rings (SSSR count). The van der Waals surface area contributed by atoms with Gasteiger partial charge in [-0.1, -0.05) is 6.42 Å². The topological polar surface area (TPSA) is 279 Å². The smallest absolute Gasteiger partial charge is 0.471 e. The fourth-order valence-electron chi connectivity index (χ4n) is 5.70. The highest BCUT2D eigenvalue weighted by atomic mass is 32.2. The SMILES string of the molecule is C[C@H](NC(=O)CNC(=O)C(=O)NC[C@H](CCCCN(C)C)NC(=O)OC(C)(C)C)C(=O)N[C@@H](CCCCNC(=O)C(F)(F)F)C(=O)Nc1ccc2nc(C3=N[C@@H](C(=O)O)CS3)sc2c1. The number of thiazole rings is 1. The number of rotatable bonds is 22. The summed E-state index contributed by atoms with van der Waals surface area (Å²) in [5, 5.41) is 26.8. The summed E-state index contributed by atoms with van der Waals surface area (Å²) in [7, 11) is 3.85. The van der Waals surface area contributed by atoms with Crippen molar-refractivity contribution in [2.75, 3.05) is 51.3 Å². The highest BCUT2D eigenvalue weighted by molar-refractivity contribution is 8.15. The number of carboxylic acids is 1. The molecule has 1 aliphatic heterocycles. The molecular weight excluding hydrogens is 890 g/mol. The van der Waals surface area contributed by atoms with Gasteiger partial charge in [-0.15, -0.1) is 23.1 Å². The first-order valence-corrected chi connectivity index (χ1v) is 22.0. The minimum atomic E-state index is -5.08. The number of carbonyl (C=O) groups is 8. The highest BCUT2D eigenvalue weighted by Gasteiger charge is 2.38. The molecule has 1 aromatic carbocycles. The first kappa shape index (κ1) is 52.8. The van der Waals surface area contributed by atoms with Gasteiger partial charge in [-0.05, 0) is 98.6 Å². The zero-order chi connectivity index (χ0) is 47.8. The molecule has 7 amide bonds. The van der Waals surface area contributed by atoms with Gasteiger partial charge in [0.1, 0.15) is 27.7 Å². The standard InChI is InChI=1S/C39H55F3N10O10S2/c1-21(46-28(53)19-45-32(57)31(56)44-18-23(11-8-10-16-52(5)6)48-37(61)62-38(2,3)4)29(54)49-25(12-7-9-15-43-36(60)39(40,41)42)30(55)47-22-13-14-24-27(17-22)64-34(50-24)33-51-26(20-63-33)35(58)59/h13-14,17,21,23,25-26H,7-12,15-16,18-20H2,1-6H3,(H,43,60)(H,44,56)(H,45,57)(H,46,53)(H,47,55)(H,48,61)(H,49,54)(H,58,59)/t21-,23-,25-,26+/m0/s1. The molecule has 0 fully saturated rings. The molecule has 0 bridgehead atoms. The lowest BCUT2D eigenvalue weighted by atomic mass is 10.1. The molecule has 2 aromatic rings. The van der Waals surface area contributed by atoms with Crippen molar-refractivity contribution in [3.63, 3.8) is 0 Å². The van der Waals surface area contributed by atoms with Crippen LogP contribution in [-0.4, -0.2) is 150 Å². The molecule has 0 aliphatic carbocycles. The fraction of sp³-hybridized carbons (Fsp3) is 0.590. The van der Waals surface area contributed by atoms with E-state index in [4.69, 9.17) is 4.74 Å². The molecule has 354 valence electrons. The Morgan fingerprint density at radius 1 is 0.906 bits per heavy atom. The molecule has 2 heterocycles. The highest BCUT2D eigenvalue weighted by Crippen LogP contribution is 2.31. The Hall–Kier alpha value is -5.56. The van der Waals surface area contributed by atoms with Crippen LogP contribution in [0.15, 0.2) is 23.2 Å². The van der Waals surface area contributed by atoms with Crippen LogP contribution in [0.25, 0.3) is 10.2 Å². The Morgan fingerprint density at radius 2 is 1.59 bits per heavy atom. The van der Waals surface area contributed by atoms with E-state index in [2.05, 4.69) is 41.9 Å². The van der Waals surface area contributed by atoms with Crippen LogP contribution < -0.4 is 37.2 Å². The molecule has 1 aromatic heterocycles. The Bertz CT molecular complexity index is 2040. The number of anilines is 1. The van der Waals surface area contributed by atoms with Gasteiger partial charge in [0.15, 0.2) is 6.04 Å². The van der Waals surface area contributed by atoms with E-state index in [1.165, 1.54) is 30.0 Å². The van der Waals surface area contributed by atoms with Crippen molar-refractivity contribution in [3.8, 4) is 0 Å². The fourth-order valence-corrected chi connectivity index (χ4v) is 7.80. The van der Waals surface area contributed by atoms with Gasteiger partial charge in [0, 0.05) is 30.6 Å². The lowest BCUT2D eigenvalue weighted by Gasteiger charge is -2.24. The molecular formula is C39H55F3N10O10S2. The number of alkyl halides is 3. The Labute approximate surface area is 375 Å². The summed E-state index contributed by atoms with van der Waals surface area (Å²) in [6, 6.07) is 0.756. The molecule has 0 radical (unpaired) electrons. The van der Waals surface area contributed by atoms with E-state index in [9.17, 15) is 56.6 Å². The molecule has 1 aliphatic rings. The van der Waals surface area contributed by atoms with Crippen LogP contribution in [-0.2, 0) is 38.3 Å². The number of carbonyl (C=O) groups excluding carboxylic acids is 7. The second-order valence-corrected chi connectivity index (χ2v) is 18.0. The second-order valence-electron chi connectivity index (χ2n) is 15.9. The van der Waals surface area contributed by atoms with E-state index in [1.54, 1.807) is 44.3 Å². The van der Waals surface area contributed by atoms with Crippen molar-refractivity contribution < 1.29 is 61.4 Å². The summed E-state index contributed by atoms with van der Waals surface area (Å²) in [4.78, 5) is 110. The number of ether oxygens (including phenoxy) is 1. The number of nitrogens with zero attached hydrogens (tertiary/aromatic N) is 3. The van der Waals surface area contributed by atoms with Crippen LogP contribution >= 0.6 is 23.1 Å². The number of unbranched alkanes of at least 4 members (excludes halogenated alkanes) is 2. The lowest BCUT2D eigenvalue weighted by molar-refractivity contribution is -0.173. The van der Waals surface area contributed by atoms with Gasteiger partial charge in [-0.25, -0.2) is 14.6 Å². The van der Waals surface area contributed by atoms with E-state index in [0.717, 1.165) is 13.0 Å². The Morgan fingerprint density at radius 3 is 2.23 bits per heavy atom. The van der Waals surface area contributed by atoms with E-state index in [0.29, 0.717) is 38.8 Å². The normalized spacial score (nSPS) is 15.3. The van der Waals surface area contributed by atoms with Gasteiger partial charge >= 0.3 is 36.0 Å². The number of amides is 7. The maximum absolute atomic E-state index is 13.5. The first-order chi connectivity index (χ1) is 29.9. The summed E-state index contributed by atoms with van der Waals surface area (Å²) in [5.74, 6) is -7.58. The van der Waals surface area contributed by atoms with Crippen LogP contribution in [0.1, 0.15) is 71.2 Å². The minimum absolute atomic E-state index is 0.0129. The van der Waals surface area contributed by atoms with Crippen LogP contribution in [0.5, 0.6) is 0 Å². The molecule has 0 spiro atoms. The van der Waals surface area contributed by atoms with Crippen LogP contribution in [0.4, 0.5) is 23.7 Å². The van der Waals surface area contributed by atoms with Gasteiger partial charge in [-0.2, -0.15) is 13.2 Å². The van der Waals surface area contributed by atoms with Gasteiger partial charge in [0.2, 0.25) is 17.7 Å². The van der Waals surface area contributed by atoms with E-state index in [-0.39, 0.29) is 38.1 Å². The third-order valence-electron chi connectivity index (χ3n) is 8.89. The number of aliphatic carboxylic acids is 1. The Kier molecular flexibility index (Phi) is 20.2. The van der Waals surface area contributed by atoms with Crippen LogP contribution in [0, 0.1) is 0 Å². The average Bonchev–Trinajstić information content (AvgIpc) is 3.86. The number of carboxylic acid groups (broad SMARTS) is 1. The van der Waals surface area contributed by atoms with Gasteiger partial charge in [0.25, 0.3) is 0 Å². The molecule has 0 saturated heterocycles. The van der Waals surface area contributed by atoms with Gasteiger partial charge < -0.3 is 52.0 Å². The molecule has 20 nitrogen and oxygen atoms in total. The van der Waals surface area contributed by atoms with Crippen molar-refractivity contribution in [2.24, 2.45) is 4.99 Å². The maximum Gasteiger partial charge on any atom is 0.471 e. The third kappa shape index (κ3) is 18.7. The number of hydrogen-bond donors (Lipinski definition) is 8. The molecule has 0 unspecified atom stereocenters. The van der Waals surface area contributed by atoms with Gasteiger partial charge in [0.05, 0.1) is 16.8 Å². The van der Waals surface area contributed by atoms with Gasteiger partial charge in [-0.3, -0.25) is 33.8 Å². The number of benzene rings is 1. The predicted octanol–water partition coefficient (Wildman–Crippen LogP) is 1.88. The average molecular weight is 945 g/mol. The van der Waals surface area contributed by atoms with E-state index in [1.807, 2.05) is 19.0 Å². The summed E-state index contributed by atoms with van der Waals surface area (Å²) in [6.45, 7) is 6.01. The second kappa shape index (κ2) is 24.5. The molecule has 8 N–H and O–H groups in total. The van der Waals surface area contributed by atoms with Crippen LogP contribution in [0.3, 0.4) is 0 Å². The lowest BCUT2D eigenvalue weighted by Crippen LogP contribution is -2.53. The van der Waals surface area contributed by atoms with Crippen LogP contribution in [0.2, 0.25) is 0 Å². The quantitative estimate of drug-likeness (QED) is 0.0620. The van der Waals surface area contributed by atoms with Crippen molar-refractivity contribution in [3.05, 3.63) is 23.2 Å². The molecule has 4 atom stereocenters. The van der Waals surface area contributed by atoms with Crippen molar-refractivity contribution in [2.45, 2.75) is 102 Å². The molecule has 25 heteroatoms. The minimum Gasteiger partial charge on any atom is -0.480 e. The predicted molar refractivity (Wildman–Crippen MR) is 233 cm³/mol. The molecule has 0 saturated carbocycles. The Balaban J connectivity index is 1.58. The number of aromatic nitrogens is 1. The van der Waals surface area contributed by atoms with E-state index >= 15 is 0 Å². The summed E-state index contributed by atoms with van der Waals surface area (Å²) in [6.07, 6.45) is -3.79. The number of fused-ring (bicyclic) bond motifs is 1. The maximum atomic E-state index is 13.5. The number of nitrogens with one attached hydrogen (secondary N) is 7. The largest absolute Gasteiger partial charge is 0.480 e.